The fourth-order valence-electron chi connectivity index (χ4n) is 4.24. The molecule has 1 aliphatic heterocycles. The van der Waals surface area contributed by atoms with Crippen molar-refractivity contribution in [2.24, 2.45) is 0 Å². The average molecular weight is 487 g/mol. The first-order valence-electron chi connectivity index (χ1n) is 11.7. The van der Waals surface area contributed by atoms with Gasteiger partial charge in [0, 0.05) is 24.2 Å². The Morgan fingerprint density at radius 3 is 2.42 bits per heavy atom. The monoisotopic (exact) mass is 486 g/mol. The van der Waals surface area contributed by atoms with Crippen molar-refractivity contribution < 1.29 is 24.4 Å². The minimum absolute atomic E-state index is 0.0606. The molecule has 0 radical (unpaired) electrons. The van der Waals surface area contributed by atoms with Crippen molar-refractivity contribution in [2.45, 2.75) is 25.8 Å². The Morgan fingerprint density at radius 2 is 1.75 bits per heavy atom. The molecule has 1 atom stereocenters. The lowest BCUT2D eigenvalue weighted by atomic mass is 9.95. The number of ketones is 1. The van der Waals surface area contributed by atoms with E-state index in [0.29, 0.717) is 29.9 Å². The molecule has 8 heteroatoms. The van der Waals surface area contributed by atoms with Crippen molar-refractivity contribution in [3.8, 4) is 5.75 Å². The number of aliphatic hydroxyl groups excluding tert-OH is 1. The molecule has 1 unspecified atom stereocenters. The summed E-state index contributed by atoms with van der Waals surface area (Å²) >= 11 is 0. The van der Waals surface area contributed by atoms with Gasteiger partial charge in [0.05, 0.1) is 23.1 Å². The second kappa shape index (κ2) is 10.9. The highest BCUT2D eigenvalue weighted by Crippen LogP contribution is 2.40. The molecule has 8 nitrogen and oxygen atoms in total. The Morgan fingerprint density at radius 1 is 1.03 bits per heavy atom. The third-order valence-corrected chi connectivity index (χ3v) is 6.02. The zero-order valence-corrected chi connectivity index (χ0v) is 19.8. The quantitative estimate of drug-likeness (QED) is 0.149. The standard InChI is InChI=1S/C28H26N2O6/c1-2-17-36-23-10-6-9-21(18-23)26(31)24-25(20-11-13-22(14-12-20)30(34)35)29(28(33)27(24)32)16-15-19-7-4-3-5-8-19/h3-14,18,25,31H,2,15-17H2,1H3/b26-24+. The van der Waals surface area contributed by atoms with Gasteiger partial charge >= 0.3 is 0 Å². The Kier molecular flexibility index (Phi) is 7.44. The molecule has 0 saturated carbocycles. The topological polar surface area (TPSA) is 110 Å². The first-order valence-corrected chi connectivity index (χ1v) is 11.7. The van der Waals surface area contributed by atoms with Crippen LogP contribution in [-0.4, -0.2) is 39.8 Å². The zero-order valence-electron chi connectivity index (χ0n) is 19.8. The van der Waals surface area contributed by atoms with Crippen LogP contribution in [0.15, 0.2) is 84.4 Å². The maximum Gasteiger partial charge on any atom is 0.295 e. The molecule has 184 valence electrons. The van der Waals surface area contributed by atoms with Gasteiger partial charge in [-0.25, -0.2) is 0 Å². The number of nitrogens with zero attached hydrogens (tertiary/aromatic N) is 2. The minimum Gasteiger partial charge on any atom is -0.507 e. The summed E-state index contributed by atoms with van der Waals surface area (Å²) in [6, 6.07) is 21.0. The van der Waals surface area contributed by atoms with Crippen LogP contribution >= 0.6 is 0 Å². The van der Waals surface area contributed by atoms with E-state index in [-0.39, 0.29) is 23.6 Å². The van der Waals surface area contributed by atoms with Gasteiger partial charge in [-0.1, -0.05) is 49.4 Å². The van der Waals surface area contributed by atoms with Gasteiger partial charge in [-0.3, -0.25) is 19.7 Å². The van der Waals surface area contributed by atoms with Gasteiger partial charge in [0.25, 0.3) is 17.4 Å². The number of rotatable bonds is 9. The second-order valence-electron chi connectivity index (χ2n) is 8.45. The molecule has 1 aliphatic rings. The van der Waals surface area contributed by atoms with E-state index in [9.17, 15) is 24.8 Å². The van der Waals surface area contributed by atoms with Crippen molar-refractivity contribution in [1.29, 1.82) is 0 Å². The Balaban J connectivity index is 1.77. The van der Waals surface area contributed by atoms with Crippen LogP contribution in [0.2, 0.25) is 0 Å². The summed E-state index contributed by atoms with van der Waals surface area (Å²) < 4.78 is 5.65. The van der Waals surface area contributed by atoms with E-state index in [2.05, 4.69) is 0 Å². The summed E-state index contributed by atoms with van der Waals surface area (Å²) in [7, 11) is 0. The van der Waals surface area contributed by atoms with Crippen LogP contribution in [0, 0.1) is 10.1 Å². The summed E-state index contributed by atoms with van der Waals surface area (Å²) in [5, 5.41) is 22.4. The number of hydrogen-bond donors (Lipinski definition) is 1. The van der Waals surface area contributed by atoms with Crippen LogP contribution in [0.25, 0.3) is 5.76 Å². The van der Waals surface area contributed by atoms with Gasteiger partial charge in [0.2, 0.25) is 0 Å². The molecular formula is C28H26N2O6. The van der Waals surface area contributed by atoms with E-state index in [1.807, 2.05) is 37.3 Å². The van der Waals surface area contributed by atoms with Crippen LogP contribution < -0.4 is 4.74 Å². The molecule has 4 rings (SSSR count). The number of non-ortho nitro benzene ring substituents is 1. The largest absolute Gasteiger partial charge is 0.507 e. The maximum atomic E-state index is 13.2. The molecule has 36 heavy (non-hydrogen) atoms. The summed E-state index contributed by atoms with van der Waals surface area (Å²) in [4.78, 5) is 38.4. The highest BCUT2D eigenvalue weighted by Gasteiger charge is 2.46. The molecule has 0 aromatic heterocycles. The summed E-state index contributed by atoms with van der Waals surface area (Å²) in [6.45, 7) is 2.70. The van der Waals surface area contributed by atoms with Gasteiger partial charge in [-0.05, 0) is 48.2 Å². The molecule has 1 N–H and O–H groups in total. The SMILES string of the molecule is CCCOc1cccc(/C(O)=C2\C(=O)C(=O)N(CCc3ccccc3)C2c2ccc([N+](=O)[O-])cc2)c1. The van der Waals surface area contributed by atoms with Crippen molar-refractivity contribution in [3.05, 3.63) is 111 Å². The number of aliphatic hydroxyl groups is 1. The number of likely N-dealkylation sites (tertiary alicyclic amines) is 1. The van der Waals surface area contributed by atoms with Crippen LogP contribution in [0.3, 0.4) is 0 Å². The number of amides is 1. The summed E-state index contributed by atoms with van der Waals surface area (Å²) in [5.74, 6) is -1.31. The van der Waals surface area contributed by atoms with Gasteiger partial charge in [-0.2, -0.15) is 0 Å². The van der Waals surface area contributed by atoms with Crippen LogP contribution in [0.1, 0.15) is 36.1 Å². The number of carbonyl (C=O) groups excluding carboxylic acids is 2. The molecule has 3 aromatic rings. The molecule has 1 saturated heterocycles. The molecular weight excluding hydrogens is 460 g/mol. The fourth-order valence-corrected chi connectivity index (χ4v) is 4.24. The smallest absolute Gasteiger partial charge is 0.295 e. The number of ether oxygens (including phenoxy) is 1. The van der Waals surface area contributed by atoms with Crippen molar-refractivity contribution in [3.63, 3.8) is 0 Å². The summed E-state index contributed by atoms with van der Waals surface area (Å²) in [5.41, 5.74) is 1.65. The molecule has 1 fully saturated rings. The average Bonchev–Trinajstić information content (AvgIpc) is 3.16. The molecule has 0 bridgehead atoms. The third kappa shape index (κ3) is 5.12. The van der Waals surface area contributed by atoms with Crippen molar-refractivity contribution >= 4 is 23.1 Å². The Bertz CT molecular complexity index is 1300. The van der Waals surface area contributed by atoms with Gasteiger partial charge in [-0.15, -0.1) is 0 Å². The highest BCUT2D eigenvalue weighted by atomic mass is 16.6. The van der Waals surface area contributed by atoms with Gasteiger partial charge in [0.15, 0.2) is 0 Å². The van der Waals surface area contributed by atoms with E-state index in [1.165, 1.54) is 29.2 Å². The lowest BCUT2D eigenvalue weighted by Crippen LogP contribution is -2.31. The lowest BCUT2D eigenvalue weighted by molar-refractivity contribution is -0.384. The first-order chi connectivity index (χ1) is 17.4. The highest BCUT2D eigenvalue weighted by molar-refractivity contribution is 6.46. The fraction of sp³-hybridized carbons (Fsp3) is 0.214. The van der Waals surface area contributed by atoms with E-state index >= 15 is 0 Å². The molecule has 0 aliphatic carbocycles. The number of Topliss-reactive ketones (excluding diaryl/α,β-unsaturated/α-hetero) is 1. The number of hydrogen-bond acceptors (Lipinski definition) is 6. The maximum absolute atomic E-state index is 13.2. The zero-order chi connectivity index (χ0) is 25.7. The van der Waals surface area contributed by atoms with E-state index in [0.717, 1.165) is 12.0 Å². The number of benzene rings is 3. The predicted octanol–water partition coefficient (Wildman–Crippen LogP) is 5.05. The van der Waals surface area contributed by atoms with Crippen molar-refractivity contribution in [1.82, 2.24) is 4.90 Å². The van der Waals surface area contributed by atoms with Gasteiger partial charge < -0.3 is 14.7 Å². The Hall–Kier alpha value is -4.46. The molecule has 1 amide bonds. The van der Waals surface area contributed by atoms with Crippen LogP contribution in [0.5, 0.6) is 5.75 Å². The van der Waals surface area contributed by atoms with E-state index in [4.69, 9.17) is 4.74 Å². The Labute approximate surface area is 208 Å². The third-order valence-electron chi connectivity index (χ3n) is 6.02. The van der Waals surface area contributed by atoms with E-state index in [1.54, 1.807) is 24.3 Å². The number of nitro benzene ring substituents is 1. The normalized spacial score (nSPS) is 16.8. The molecule has 3 aromatic carbocycles. The van der Waals surface area contributed by atoms with Gasteiger partial charge in [0.1, 0.15) is 11.5 Å². The van der Waals surface area contributed by atoms with Crippen molar-refractivity contribution in [2.75, 3.05) is 13.2 Å². The van der Waals surface area contributed by atoms with Crippen LogP contribution in [0.4, 0.5) is 5.69 Å². The van der Waals surface area contributed by atoms with E-state index < -0.39 is 22.7 Å². The minimum atomic E-state index is -0.894. The van der Waals surface area contributed by atoms with Crippen LogP contribution in [-0.2, 0) is 16.0 Å². The molecule has 1 heterocycles. The number of nitro groups is 1. The second-order valence-corrected chi connectivity index (χ2v) is 8.45. The number of carbonyl (C=O) groups is 2. The predicted molar refractivity (Wildman–Crippen MR) is 134 cm³/mol. The lowest BCUT2D eigenvalue weighted by Gasteiger charge is -2.25. The molecule has 0 spiro atoms. The summed E-state index contributed by atoms with van der Waals surface area (Å²) in [6.07, 6.45) is 1.31. The first kappa shape index (κ1) is 24.7.